The lowest BCUT2D eigenvalue weighted by Crippen LogP contribution is -2.27. The van der Waals surface area contributed by atoms with Crippen molar-refractivity contribution < 1.29 is 19.4 Å². The Labute approximate surface area is 189 Å². The first-order chi connectivity index (χ1) is 13.2. The zero-order valence-corrected chi connectivity index (χ0v) is 17.2. The fourth-order valence-corrected chi connectivity index (χ4v) is 3.69. The van der Waals surface area contributed by atoms with Crippen molar-refractivity contribution in [2.45, 2.75) is 86.2 Å². The number of benzene rings is 2. The molecule has 0 radical (unpaired) electrons. The van der Waals surface area contributed by atoms with Gasteiger partial charge in [-0.05, 0) is 86.8 Å². The third kappa shape index (κ3) is 7.93. The molecule has 3 rings (SSSR count). The first-order valence-corrected chi connectivity index (χ1v) is 9.91. The molecule has 0 amide bonds. The van der Waals surface area contributed by atoms with Crippen LogP contribution in [-0.2, 0) is 14.9 Å². The second-order valence-corrected chi connectivity index (χ2v) is 8.88. The molecule has 0 saturated heterocycles. The number of carbonyl (C=O) groups excluding carboxylic acids is 1. The average Bonchev–Trinajstić information content (AvgIpc) is 3.40. The van der Waals surface area contributed by atoms with Gasteiger partial charge in [-0.2, -0.15) is 0 Å². The maximum absolute atomic E-state index is 11.8. The monoisotopic (exact) mass is 430 g/mol. The van der Waals surface area contributed by atoms with Crippen LogP contribution in [0.25, 0.3) is 0 Å². The summed E-state index contributed by atoms with van der Waals surface area (Å²) in [4.78, 5) is 11.8. The lowest BCUT2D eigenvalue weighted by atomic mass is 9.83. The first kappa shape index (κ1) is 28.5. The van der Waals surface area contributed by atoms with Gasteiger partial charge in [-0.3, -0.25) is 0 Å². The number of hydrogen-bond acceptors (Lipinski definition) is 4. The van der Waals surface area contributed by atoms with E-state index in [1.807, 2.05) is 45.0 Å². The molecule has 0 spiro atoms. The first-order valence-electron chi connectivity index (χ1n) is 9.91. The highest BCUT2D eigenvalue weighted by Crippen LogP contribution is 2.54. The third-order valence-electron chi connectivity index (χ3n) is 5.26. The van der Waals surface area contributed by atoms with Crippen LogP contribution in [0, 0.1) is 0 Å². The van der Waals surface area contributed by atoms with E-state index in [1.165, 1.54) is 24.0 Å². The van der Waals surface area contributed by atoms with Crippen LogP contribution in [0.15, 0.2) is 48.5 Å². The van der Waals surface area contributed by atoms with E-state index in [2.05, 4.69) is 19.1 Å². The van der Waals surface area contributed by atoms with E-state index in [0.717, 1.165) is 6.42 Å². The second kappa shape index (κ2) is 11.2. The normalized spacial score (nSPS) is 14.7. The lowest BCUT2D eigenvalue weighted by Gasteiger charge is -2.21. The van der Waals surface area contributed by atoms with Crippen molar-refractivity contribution in [3.63, 3.8) is 0 Å². The molecule has 1 unspecified atom stereocenters. The van der Waals surface area contributed by atoms with Crippen molar-refractivity contribution in [2.24, 2.45) is 0 Å². The van der Waals surface area contributed by atoms with Crippen LogP contribution in [0.2, 0.25) is 0 Å². The van der Waals surface area contributed by atoms with Crippen molar-refractivity contribution in [3.05, 3.63) is 59.7 Å². The quantitative estimate of drug-likeness (QED) is 0.470. The molecule has 0 heterocycles. The van der Waals surface area contributed by atoms with Crippen molar-refractivity contribution in [2.75, 3.05) is 6.61 Å². The molecule has 1 N–H and O–H groups in total. The highest BCUT2D eigenvalue weighted by Gasteiger charge is 2.44. The van der Waals surface area contributed by atoms with Gasteiger partial charge in [-0.25, -0.2) is 4.79 Å². The van der Waals surface area contributed by atoms with Gasteiger partial charge in [0.2, 0.25) is 0 Å². The van der Waals surface area contributed by atoms with Crippen molar-refractivity contribution >= 4 is 5.97 Å². The molecular formula is C27H42O4. The van der Waals surface area contributed by atoms with Crippen molar-refractivity contribution in [1.82, 2.24) is 0 Å². The highest BCUT2D eigenvalue weighted by molar-refractivity contribution is 5.71. The summed E-state index contributed by atoms with van der Waals surface area (Å²) in [6.07, 6.45) is 3.47. The molecular weight excluding hydrogens is 388 g/mol. The van der Waals surface area contributed by atoms with Crippen LogP contribution >= 0.6 is 0 Å². The van der Waals surface area contributed by atoms with Crippen molar-refractivity contribution in [3.8, 4) is 11.5 Å². The zero-order chi connectivity index (χ0) is 20.4. The Morgan fingerprint density at radius 1 is 1.00 bits per heavy atom. The highest BCUT2D eigenvalue weighted by atomic mass is 16.6. The molecule has 4 heteroatoms. The number of rotatable bonds is 7. The minimum Gasteiger partial charge on any atom is -0.508 e. The average molecular weight is 431 g/mol. The molecule has 174 valence electrons. The Kier molecular flexibility index (Phi) is 10.3. The van der Waals surface area contributed by atoms with Gasteiger partial charge in [-0.1, -0.05) is 53.5 Å². The Balaban J connectivity index is 0.00000300. The van der Waals surface area contributed by atoms with Crippen LogP contribution < -0.4 is 4.74 Å². The largest absolute Gasteiger partial charge is 0.508 e. The summed E-state index contributed by atoms with van der Waals surface area (Å²) in [5.74, 6) is 1.03. The molecule has 0 aliphatic heterocycles. The molecule has 4 nitrogen and oxygen atoms in total. The summed E-state index contributed by atoms with van der Waals surface area (Å²) >= 11 is 0. The Bertz CT molecular complexity index is 797. The molecule has 1 atom stereocenters. The van der Waals surface area contributed by atoms with Gasteiger partial charge in [-0.15, -0.1) is 0 Å². The van der Waals surface area contributed by atoms with E-state index in [4.69, 9.17) is 9.47 Å². The SMILES string of the molecule is C.C.C.CC(CC1(c2ccc(O)cc2)CC1)c1ccc(OCC(=O)OC(C)(C)C)cc1. The van der Waals surface area contributed by atoms with Crippen LogP contribution in [0.4, 0.5) is 0 Å². The number of hydrogen-bond donors (Lipinski definition) is 1. The molecule has 1 aliphatic rings. The number of esters is 1. The summed E-state index contributed by atoms with van der Waals surface area (Å²) in [7, 11) is 0. The van der Waals surface area contributed by atoms with Gasteiger partial charge in [0.15, 0.2) is 6.61 Å². The van der Waals surface area contributed by atoms with Gasteiger partial charge >= 0.3 is 5.97 Å². The second-order valence-electron chi connectivity index (χ2n) is 8.88. The number of carbonyl (C=O) groups is 1. The summed E-state index contributed by atoms with van der Waals surface area (Å²) in [5.41, 5.74) is 2.30. The van der Waals surface area contributed by atoms with E-state index in [-0.39, 0.29) is 40.3 Å². The summed E-state index contributed by atoms with van der Waals surface area (Å²) < 4.78 is 10.8. The van der Waals surface area contributed by atoms with Gasteiger partial charge in [0.05, 0.1) is 0 Å². The van der Waals surface area contributed by atoms with Crippen LogP contribution in [-0.4, -0.2) is 23.3 Å². The predicted molar refractivity (Wildman–Crippen MR) is 130 cm³/mol. The molecule has 0 aromatic heterocycles. The van der Waals surface area contributed by atoms with E-state index in [0.29, 0.717) is 17.4 Å². The Morgan fingerprint density at radius 2 is 1.55 bits per heavy atom. The maximum atomic E-state index is 11.8. The summed E-state index contributed by atoms with van der Waals surface area (Å²) in [5, 5.41) is 9.52. The number of ether oxygens (including phenoxy) is 2. The van der Waals surface area contributed by atoms with E-state index in [1.54, 1.807) is 12.1 Å². The summed E-state index contributed by atoms with van der Waals surface area (Å²) in [6.45, 7) is 7.68. The molecule has 0 bridgehead atoms. The molecule has 1 aliphatic carbocycles. The van der Waals surface area contributed by atoms with Crippen LogP contribution in [0.3, 0.4) is 0 Å². The Morgan fingerprint density at radius 3 is 2.03 bits per heavy atom. The molecule has 31 heavy (non-hydrogen) atoms. The Hall–Kier alpha value is -2.49. The molecule has 2 aromatic carbocycles. The van der Waals surface area contributed by atoms with Crippen molar-refractivity contribution in [1.29, 1.82) is 0 Å². The van der Waals surface area contributed by atoms with Gasteiger partial charge < -0.3 is 14.6 Å². The van der Waals surface area contributed by atoms with E-state index < -0.39 is 5.60 Å². The minimum atomic E-state index is -0.504. The topological polar surface area (TPSA) is 55.8 Å². The minimum absolute atomic E-state index is 0. The molecule has 1 saturated carbocycles. The maximum Gasteiger partial charge on any atom is 0.344 e. The number of phenols is 1. The van der Waals surface area contributed by atoms with E-state index in [9.17, 15) is 9.90 Å². The number of phenolic OH excluding ortho intramolecular Hbond substituents is 1. The van der Waals surface area contributed by atoms with Gasteiger partial charge in [0, 0.05) is 0 Å². The van der Waals surface area contributed by atoms with Gasteiger partial charge in [0.25, 0.3) is 0 Å². The third-order valence-corrected chi connectivity index (χ3v) is 5.26. The molecule has 2 aromatic rings. The molecule has 1 fully saturated rings. The predicted octanol–water partition coefficient (Wildman–Crippen LogP) is 7.25. The van der Waals surface area contributed by atoms with Gasteiger partial charge in [0.1, 0.15) is 17.1 Å². The van der Waals surface area contributed by atoms with Crippen LogP contribution in [0.1, 0.15) is 86.3 Å². The number of aromatic hydroxyl groups is 1. The smallest absolute Gasteiger partial charge is 0.344 e. The summed E-state index contributed by atoms with van der Waals surface area (Å²) in [6, 6.07) is 15.6. The van der Waals surface area contributed by atoms with Crippen LogP contribution in [0.5, 0.6) is 11.5 Å². The lowest BCUT2D eigenvalue weighted by molar-refractivity contribution is -0.157. The fourth-order valence-electron chi connectivity index (χ4n) is 3.69. The van der Waals surface area contributed by atoms with E-state index >= 15 is 0 Å². The zero-order valence-electron chi connectivity index (χ0n) is 17.2. The standard InChI is InChI=1S/C24H30O4.3CH4/c1-17(15-24(13-14-24)19-7-9-20(25)10-8-19)18-5-11-21(12-6-18)27-16-22(26)28-23(2,3)4;;;/h5-12,17,25H,13-16H2,1-4H3;3*1H4. The fraction of sp³-hybridized carbons (Fsp3) is 0.519.